The van der Waals surface area contributed by atoms with Crippen molar-refractivity contribution in [3.05, 3.63) is 29.6 Å². The maximum Gasteiger partial charge on any atom is 0.338 e. The summed E-state index contributed by atoms with van der Waals surface area (Å²) in [4.78, 5) is 33.1. The number of sulfonamides is 1. The molecule has 142 valence electrons. The van der Waals surface area contributed by atoms with E-state index >= 15 is 0 Å². The van der Waals surface area contributed by atoms with Gasteiger partial charge in [0.1, 0.15) is 10.7 Å². The number of rotatable bonds is 5. The Morgan fingerprint density at radius 1 is 1.19 bits per heavy atom. The van der Waals surface area contributed by atoms with Crippen molar-refractivity contribution in [3.8, 4) is 0 Å². The molecule has 1 saturated heterocycles. The molecule has 9 nitrogen and oxygen atoms in total. The molecular formula is C15H18FN3O6S. The van der Waals surface area contributed by atoms with Gasteiger partial charge in [-0.15, -0.1) is 0 Å². The predicted molar refractivity (Wildman–Crippen MR) is 87.0 cm³/mol. The van der Waals surface area contributed by atoms with E-state index in [1.807, 2.05) is 0 Å². The number of esters is 1. The van der Waals surface area contributed by atoms with Crippen LogP contribution in [0, 0.1) is 5.82 Å². The number of piperidine rings is 1. The van der Waals surface area contributed by atoms with Crippen LogP contribution in [0.15, 0.2) is 23.1 Å². The number of carbonyl (C=O) groups excluding carboxylic acids is 3. The zero-order chi connectivity index (χ0) is 19.3. The van der Waals surface area contributed by atoms with Gasteiger partial charge < -0.3 is 10.5 Å². The van der Waals surface area contributed by atoms with Gasteiger partial charge in [0.05, 0.1) is 5.56 Å². The number of primary amides is 1. The van der Waals surface area contributed by atoms with Crippen LogP contribution >= 0.6 is 0 Å². The molecule has 0 radical (unpaired) electrons. The Bertz CT molecular complexity index is 821. The normalized spacial score (nSPS) is 15.3. The molecule has 0 saturated carbocycles. The lowest BCUT2D eigenvalue weighted by Gasteiger charge is -2.26. The van der Waals surface area contributed by atoms with E-state index in [1.54, 1.807) is 5.32 Å². The summed E-state index contributed by atoms with van der Waals surface area (Å²) in [6.07, 6.45) is 2.25. The Balaban J connectivity index is 2.17. The quantitative estimate of drug-likeness (QED) is 0.700. The fraction of sp³-hybridized carbons (Fsp3) is 0.400. The third-order valence-electron chi connectivity index (χ3n) is 3.70. The van der Waals surface area contributed by atoms with E-state index in [0.29, 0.717) is 12.8 Å². The first-order valence-corrected chi connectivity index (χ1v) is 9.22. The van der Waals surface area contributed by atoms with Gasteiger partial charge in [-0.1, -0.05) is 6.42 Å². The minimum Gasteiger partial charge on any atom is -0.452 e. The summed E-state index contributed by atoms with van der Waals surface area (Å²) in [6, 6.07) is 1.64. The third-order valence-corrected chi connectivity index (χ3v) is 5.61. The largest absolute Gasteiger partial charge is 0.452 e. The maximum atomic E-state index is 14.1. The monoisotopic (exact) mass is 387 g/mol. The van der Waals surface area contributed by atoms with Gasteiger partial charge in [0.15, 0.2) is 6.61 Å². The molecule has 0 aliphatic carbocycles. The number of carbonyl (C=O) groups is 3. The average Bonchev–Trinajstić information content (AvgIpc) is 2.60. The molecule has 11 heteroatoms. The molecular weight excluding hydrogens is 369 g/mol. The van der Waals surface area contributed by atoms with Crippen LogP contribution in [-0.2, 0) is 19.6 Å². The average molecular weight is 387 g/mol. The second kappa shape index (κ2) is 8.23. The zero-order valence-corrected chi connectivity index (χ0v) is 14.6. The van der Waals surface area contributed by atoms with Crippen LogP contribution in [0.1, 0.15) is 29.6 Å². The number of ether oxygens (including phenoxy) is 1. The number of imide groups is 1. The van der Waals surface area contributed by atoms with Gasteiger partial charge in [0.2, 0.25) is 10.0 Å². The van der Waals surface area contributed by atoms with Gasteiger partial charge in [0.25, 0.3) is 5.91 Å². The van der Waals surface area contributed by atoms with Gasteiger partial charge in [-0.05, 0) is 31.0 Å². The van der Waals surface area contributed by atoms with Crippen molar-refractivity contribution >= 4 is 27.9 Å². The molecule has 1 fully saturated rings. The highest BCUT2D eigenvalue weighted by atomic mass is 32.2. The van der Waals surface area contributed by atoms with Crippen LogP contribution in [0.4, 0.5) is 9.18 Å². The summed E-state index contributed by atoms with van der Waals surface area (Å²) >= 11 is 0. The molecule has 1 aliphatic heterocycles. The van der Waals surface area contributed by atoms with Crippen LogP contribution < -0.4 is 11.1 Å². The van der Waals surface area contributed by atoms with E-state index in [4.69, 9.17) is 5.73 Å². The molecule has 3 N–H and O–H groups in total. The van der Waals surface area contributed by atoms with Crippen LogP contribution in [0.3, 0.4) is 0 Å². The number of nitrogens with one attached hydrogen (secondary N) is 1. The molecule has 0 bridgehead atoms. The van der Waals surface area contributed by atoms with Crippen molar-refractivity contribution in [3.63, 3.8) is 0 Å². The fourth-order valence-corrected chi connectivity index (χ4v) is 4.07. The predicted octanol–water partition coefficient (Wildman–Crippen LogP) is 0.352. The number of halogens is 1. The molecule has 1 aliphatic rings. The van der Waals surface area contributed by atoms with Crippen LogP contribution in [-0.4, -0.2) is 50.3 Å². The molecule has 0 atom stereocenters. The van der Waals surface area contributed by atoms with Gasteiger partial charge in [0, 0.05) is 13.1 Å². The highest BCUT2D eigenvalue weighted by Crippen LogP contribution is 2.24. The fourth-order valence-electron chi connectivity index (χ4n) is 2.46. The molecule has 1 heterocycles. The molecule has 2 rings (SSSR count). The number of nitrogens with two attached hydrogens (primary N) is 1. The summed E-state index contributed by atoms with van der Waals surface area (Å²) in [7, 11) is -4.09. The lowest BCUT2D eigenvalue weighted by molar-refractivity contribution is -0.123. The summed E-state index contributed by atoms with van der Waals surface area (Å²) in [6.45, 7) is -0.235. The third kappa shape index (κ3) is 4.76. The van der Waals surface area contributed by atoms with E-state index < -0.39 is 45.3 Å². The second-order valence-electron chi connectivity index (χ2n) is 5.60. The Hall–Kier alpha value is -2.53. The standard InChI is InChI=1S/C15H18FN3O6S/c16-11-5-4-10(14(21)25-9-13(20)18-15(17)22)8-12(11)26(23,24)19-6-2-1-3-7-19/h4-5,8H,1-3,6-7,9H2,(H3,17,18,20,22). The van der Waals surface area contributed by atoms with Gasteiger partial charge in [-0.25, -0.2) is 22.4 Å². The first-order chi connectivity index (χ1) is 12.2. The lowest BCUT2D eigenvalue weighted by Crippen LogP contribution is -2.37. The van der Waals surface area contributed by atoms with E-state index in [2.05, 4.69) is 4.74 Å². The number of urea groups is 1. The summed E-state index contributed by atoms with van der Waals surface area (Å²) < 4.78 is 45.1. The molecule has 0 spiro atoms. The van der Waals surface area contributed by atoms with Gasteiger partial charge >= 0.3 is 12.0 Å². The number of hydrogen-bond donors (Lipinski definition) is 2. The SMILES string of the molecule is NC(=O)NC(=O)COC(=O)c1ccc(F)c(S(=O)(=O)N2CCCCC2)c1. The van der Waals surface area contributed by atoms with Crippen LogP contribution in [0.25, 0.3) is 0 Å². The molecule has 0 aromatic heterocycles. The van der Waals surface area contributed by atoms with Gasteiger partial charge in [-0.3, -0.25) is 10.1 Å². The number of hydrogen-bond acceptors (Lipinski definition) is 6. The van der Waals surface area contributed by atoms with Crippen molar-refractivity contribution in [1.82, 2.24) is 9.62 Å². The maximum absolute atomic E-state index is 14.1. The lowest BCUT2D eigenvalue weighted by atomic mass is 10.2. The summed E-state index contributed by atoms with van der Waals surface area (Å²) in [5, 5.41) is 1.70. The zero-order valence-electron chi connectivity index (χ0n) is 13.7. The van der Waals surface area contributed by atoms with Crippen molar-refractivity contribution in [2.75, 3.05) is 19.7 Å². The summed E-state index contributed by atoms with van der Waals surface area (Å²) in [5.74, 6) is -2.98. The van der Waals surface area contributed by atoms with Crippen molar-refractivity contribution < 1.29 is 31.9 Å². The van der Waals surface area contributed by atoms with Gasteiger partial charge in [-0.2, -0.15) is 4.31 Å². The Morgan fingerprint density at radius 2 is 1.85 bits per heavy atom. The molecule has 0 unspecified atom stereocenters. The number of nitrogens with zero attached hydrogens (tertiary/aromatic N) is 1. The van der Waals surface area contributed by atoms with Crippen molar-refractivity contribution in [2.45, 2.75) is 24.2 Å². The minimum absolute atomic E-state index is 0.242. The number of benzene rings is 1. The van der Waals surface area contributed by atoms with Crippen LogP contribution in [0.5, 0.6) is 0 Å². The van der Waals surface area contributed by atoms with Crippen molar-refractivity contribution in [2.24, 2.45) is 5.73 Å². The minimum atomic E-state index is -4.09. The van der Waals surface area contributed by atoms with E-state index in [0.717, 1.165) is 24.6 Å². The van der Waals surface area contributed by atoms with E-state index in [1.165, 1.54) is 4.31 Å². The second-order valence-corrected chi connectivity index (χ2v) is 7.50. The Labute approximate surface area is 149 Å². The molecule has 1 aromatic carbocycles. The smallest absolute Gasteiger partial charge is 0.338 e. The Kier molecular flexibility index (Phi) is 6.27. The Morgan fingerprint density at radius 3 is 2.46 bits per heavy atom. The summed E-state index contributed by atoms with van der Waals surface area (Å²) in [5.41, 5.74) is 4.50. The highest BCUT2D eigenvalue weighted by molar-refractivity contribution is 7.89. The van der Waals surface area contributed by atoms with E-state index in [9.17, 15) is 27.2 Å². The van der Waals surface area contributed by atoms with Crippen molar-refractivity contribution in [1.29, 1.82) is 0 Å². The first-order valence-electron chi connectivity index (χ1n) is 7.78. The number of amides is 3. The van der Waals surface area contributed by atoms with E-state index in [-0.39, 0.29) is 18.7 Å². The molecule has 26 heavy (non-hydrogen) atoms. The van der Waals surface area contributed by atoms with Crippen LogP contribution in [0.2, 0.25) is 0 Å². The molecule has 1 aromatic rings. The molecule has 3 amide bonds. The first kappa shape index (κ1) is 19.8. The topological polar surface area (TPSA) is 136 Å². The highest BCUT2D eigenvalue weighted by Gasteiger charge is 2.29.